The summed E-state index contributed by atoms with van der Waals surface area (Å²) in [5, 5.41) is 12.0. The molecule has 0 radical (unpaired) electrons. The third-order valence-corrected chi connectivity index (χ3v) is 2.82. The summed E-state index contributed by atoms with van der Waals surface area (Å²) in [5.74, 6) is -1.66. The molecule has 0 aliphatic rings. The zero-order valence-electron chi connectivity index (χ0n) is 11.3. The van der Waals surface area contributed by atoms with Gasteiger partial charge in [0.05, 0.1) is 11.1 Å². The van der Waals surface area contributed by atoms with Crippen molar-refractivity contribution in [3.63, 3.8) is 0 Å². The number of nitrogens with one attached hydrogen (secondary N) is 1. The van der Waals surface area contributed by atoms with Gasteiger partial charge in [-0.15, -0.1) is 0 Å². The first kappa shape index (κ1) is 17.4. The van der Waals surface area contributed by atoms with Crippen molar-refractivity contribution >= 4 is 33.5 Å². The highest BCUT2D eigenvalue weighted by atomic mass is 79.9. The molecule has 1 rings (SSSR count). The van der Waals surface area contributed by atoms with Gasteiger partial charge in [0.2, 0.25) is 0 Å². The van der Waals surface area contributed by atoms with Crippen LogP contribution >= 0.6 is 15.9 Å². The molecule has 0 saturated carbocycles. The molecule has 0 saturated heterocycles. The molecule has 0 spiro atoms. The van der Waals surface area contributed by atoms with E-state index in [-0.39, 0.29) is 11.1 Å². The molecule has 19 heavy (non-hydrogen) atoms. The van der Waals surface area contributed by atoms with Gasteiger partial charge < -0.3 is 16.2 Å². The normalized spacial score (nSPS) is 9.26. The molecule has 1 aromatic carbocycles. The molecular formula is C13H19BrN2O3. The van der Waals surface area contributed by atoms with Crippen LogP contribution in [0.5, 0.6) is 0 Å². The zero-order chi connectivity index (χ0) is 15.0. The molecule has 0 aromatic heterocycles. The molecule has 0 aliphatic carbocycles. The van der Waals surface area contributed by atoms with Crippen LogP contribution in [-0.2, 0) is 0 Å². The predicted octanol–water partition coefficient (Wildman–Crippen LogP) is 3.09. The second-order valence-corrected chi connectivity index (χ2v) is 4.33. The first-order chi connectivity index (χ1) is 8.97. The Balaban J connectivity index is 0.00000154. The largest absolute Gasteiger partial charge is 0.478 e. The van der Waals surface area contributed by atoms with Gasteiger partial charge in [0.1, 0.15) is 0 Å². The number of nitrogens with two attached hydrogens (primary N) is 1. The smallest absolute Gasteiger partial charge is 0.336 e. The number of hydrogen-bond acceptors (Lipinski definition) is 3. The fraction of sp³-hybridized carbons (Fsp3) is 0.385. The van der Waals surface area contributed by atoms with Crippen molar-refractivity contribution in [1.82, 2.24) is 0 Å². The topological polar surface area (TPSA) is 92.4 Å². The Hall–Kier alpha value is -1.56. The Bertz CT molecular complexity index is 461. The second-order valence-electron chi connectivity index (χ2n) is 3.47. The van der Waals surface area contributed by atoms with E-state index in [0.717, 1.165) is 6.42 Å². The van der Waals surface area contributed by atoms with Crippen molar-refractivity contribution in [1.29, 1.82) is 0 Å². The number of anilines is 1. The molecule has 6 heteroatoms. The summed E-state index contributed by atoms with van der Waals surface area (Å²) < 4.78 is 0.334. The van der Waals surface area contributed by atoms with Crippen LogP contribution in [0.3, 0.4) is 0 Å². The van der Waals surface area contributed by atoms with Crippen LogP contribution in [0.25, 0.3) is 0 Å². The van der Waals surface area contributed by atoms with Gasteiger partial charge in [0, 0.05) is 16.7 Å². The lowest BCUT2D eigenvalue weighted by molar-refractivity contribution is 0.0695. The van der Waals surface area contributed by atoms with Crippen molar-refractivity contribution in [2.45, 2.75) is 27.2 Å². The van der Waals surface area contributed by atoms with Gasteiger partial charge in [0.25, 0.3) is 5.91 Å². The van der Waals surface area contributed by atoms with Crippen molar-refractivity contribution in [3.05, 3.63) is 27.7 Å². The molecule has 0 bridgehead atoms. The van der Waals surface area contributed by atoms with Crippen molar-refractivity contribution in [3.8, 4) is 0 Å². The SMILES string of the molecule is CC.CCCNc1cc(C(=O)O)c(Br)cc1C(N)=O. The van der Waals surface area contributed by atoms with E-state index in [1.165, 1.54) is 12.1 Å². The van der Waals surface area contributed by atoms with Gasteiger partial charge in [0.15, 0.2) is 0 Å². The Morgan fingerprint density at radius 3 is 2.32 bits per heavy atom. The maximum Gasteiger partial charge on any atom is 0.336 e. The van der Waals surface area contributed by atoms with Crippen LogP contribution in [0, 0.1) is 0 Å². The predicted molar refractivity (Wildman–Crippen MR) is 79.7 cm³/mol. The van der Waals surface area contributed by atoms with Crippen LogP contribution in [-0.4, -0.2) is 23.5 Å². The molecule has 1 aromatic rings. The second kappa shape index (κ2) is 8.53. The average molecular weight is 331 g/mol. The van der Waals surface area contributed by atoms with Crippen LogP contribution in [0.2, 0.25) is 0 Å². The van der Waals surface area contributed by atoms with Gasteiger partial charge in [-0.3, -0.25) is 4.79 Å². The molecule has 1 amide bonds. The molecule has 0 heterocycles. The number of hydrogen-bond donors (Lipinski definition) is 3. The molecule has 0 fully saturated rings. The summed E-state index contributed by atoms with van der Waals surface area (Å²) in [7, 11) is 0. The Labute approximate surface area is 121 Å². The third kappa shape index (κ3) is 4.90. The lowest BCUT2D eigenvalue weighted by atomic mass is 10.1. The van der Waals surface area contributed by atoms with Crippen molar-refractivity contribution in [2.24, 2.45) is 5.73 Å². The number of primary amides is 1. The highest BCUT2D eigenvalue weighted by Crippen LogP contribution is 2.25. The number of carbonyl (C=O) groups excluding carboxylic acids is 1. The molecular weight excluding hydrogens is 312 g/mol. The molecule has 0 atom stereocenters. The number of amides is 1. The van der Waals surface area contributed by atoms with E-state index in [0.29, 0.717) is 16.7 Å². The Morgan fingerprint density at radius 2 is 1.89 bits per heavy atom. The first-order valence-corrected chi connectivity index (χ1v) is 6.87. The summed E-state index contributed by atoms with van der Waals surface area (Å²) >= 11 is 3.10. The number of carboxylic acids is 1. The van der Waals surface area contributed by atoms with Gasteiger partial charge in [-0.2, -0.15) is 0 Å². The highest BCUT2D eigenvalue weighted by molar-refractivity contribution is 9.10. The Morgan fingerprint density at radius 1 is 1.32 bits per heavy atom. The number of aromatic carboxylic acids is 1. The van der Waals surface area contributed by atoms with E-state index in [2.05, 4.69) is 21.2 Å². The van der Waals surface area contributed by atoms with Crippen LogP contribution in [0.1, 0.15) is 47.9 Å². The summed E-state index contributed by atoms with van der Waals surface area (Å²) in [6, 6.07) is 2.83. The fourth-order valence-corrected chi connectivity index (χ4v) is 1.86. The van der Waals surface area contributed by atoms with E-state index < -0.39 is 11.9 Å². The van der Waals surface area contributed by atoms with Gasteiger partial charge in [-0.05, 0) is 34.5 Å². The standard InChI is InChI=1S/C11H13BrN2O3.C2H6/c1-2-3-14-9-5-6(11(16)17)8(12)4-7(9)10(13)15;1-2/h4-5,14H,2-3H2,1H3,(H2,13,15)(H,16,17);1-2H3. The zero-order valence-corrected chi connectivity index (χ0v) is 12.9. The van der Waals surface area contributed by atoms with Gasteiger partial charge >= 0.3 is 5.97 Å². The van der Waals surface area contributed by atoms with Gasteiger partial charge in [-0.1, -0.05) is 20.8 Å². The molecule has 0 unspecified atom stereocenters. The first-order valence-electron chi connectivity index (χ1n) is 6.07. The molecule has 106 valence electrons. The van der Waals surface area contributed by atoms with E-state index in [9.17, 15) is 9.59 Å². The third-order valence-electron chi connectivity index (χ3n) is 2.17. The minimum atomic E-state index is -1.06. The highest BCUT2D eigenvalue weighted by Gasteiger charge is 2.15. The minimum Gasteiger partial charge on any atom is -0.478 e. The molecule has 0 aliphatic heterocycles. The number of halogens is 1. The number of rotatable bonds is 5. The van der Waals surface area contributed by atoms with Crippen LogP contribution < -0.4 is 11.1 Å². The van der Waals surface area contributed by atoms with Gasteiger partial charge in [-0.25, -0.2) is 4.79 Å². The van der Waals surface area contributed by atoms with Crippen molar-refractivity contribution in [2.75, 3.05) is 11.9 Å². The number of benzene rings is 1. The monoisotopic (exact) mass is 330 g/mol. The van der Waals surface area contributed by atoms with Crippen LogP contribution in [0.15, 0.2) is 16.6 Å². The summed E-state index contributed by atoms with van der Waals surface area (Å²) in [6.45, 7) is 6.61. The fourth-order valence-electron chi connectivity index (χ4n) is 1.35. The summed E-state index contributed by atoms with van der Waals surface area (Å²) in [4.78, 5) is 22.2. The summed E-state index contributed by atoms with van der Waals surface area (Å²) in [5.41, 5.74) is 6.04. The Kier molecular flexibility index (Phi) is 7.83. The van der Waals surface area contributed by atoms with Crippen molar-refractivity contribution < 1.29 is 14.7 Å². The maximum atomic E-state index is 11.2. The van der Waals surface area contributed by atoms with E-state index in [1.54, 1.807) is 0 Å². The van der Waals surface area contributed by atoms with E-state index in [4.69, 9.17) is 10.8 Å². The average Bonchev–Trinajstić information content (AvgIpc) is 2.38. The molecule has 4 N–H and O–H groups in total. The van der Waals surface area contributed by atoms with Crippen LogP contribution in [0.4, 0.5) is 5.69 Å². The lowest BCUT2D eigenvalue weighted by Crippen LogP contribution is -2.16. The van der Waals surface area contributed by atoms with E-state index in [1.807, 2.05) is 20.8 Å². The maximum absolute atomic E-state index is 11.2. The minimum absolute atomic E-state index is 0.0913. The summed E-state index contributed by atoms with van der Waals surface area (Å²) in [6.07, 6.45) is 0.858. The van der Waals surface area contributed by atoms with E-state index >= 15 is 0 Å². The number of carboxylic acid groups (broad SMARTS) is 1. The number of carbonyl (C=O) groups is 2. The lowest BCUT2D eigenvalue weighted by Gasteiger charge is -2.11. The quantitative estimate of drug-likeness (QED) is 0.773. The molecule has 5 nitrogen and oxygen atoms in total.